The second-order valence-electron chi connectivity index (χ2n) is 7.67. The summed E-state index contributed by atoms with van der Waals surface area (Å²) >= 11 is 0. The number of piperidine rings is 2. The molecule has 1 atom stereocenters. The highest BCUT2D eigenvalue weighted by Gasteiger charge is 2.38. The molecule has 30 heavy (non-hydrogen) atoms. The number of rotatable bonds is 4. The highest BCUT2D eigenvalue weighted by Crippen LogP contribution is 2.40. The summed E-state index contributed by atoms with van der Waals surface area (Å²) in [6.07, 6.45) is -0.593. The molecule has 0 aliphatic carbocycles. The van der Waals surface area contributed by atoms with Crippen LogP contribution in [0.25, 0.3) is 0 Å². The van der Waals surface area contributed by atoms with Gasteiger partial charge in [-0.25, -0.2) is 15.2 Å². The van der Waals surface area contributed by atoms with Gasteiger partial charge in [-0.1, -0.05) is 0 Å². The number of anilines is 1. The third-order valence-corrected chi connectivity index (χ3v) is 6.90. The summed E-state index contributed by atoms with van der Waals surface area (Å²) in [5.41, 5.74) is 1.48. The topological polar surface area (TPSA) is 135 Å². The van der Waals surface area contributed by atoms with Gasteiger partial charge in [0.25, 0.3) is 0 Å². The van der Waals surface area contributed by atoms with Gasteiger partial charge in [0.2, 0.25) is 0 Å². The van der Waals surface area contributed by atoms with E-state index in [-0.39, 0.29) is 11.4 Å². The van der Waals surface area contributed by atoms with Crippen LogP contribution in [0.3, 0.4) is 0 Å². The van der Waals surface area contributed by atoms with E-state index in [1.165, 1.54) is 6.07 Å². The van der Waals surface area contributed by atoms with Crippen LogP contribution < -0.4 is 32.5 Å². The summed E-state index contributed by atoms with van der Waals surface area (Å²) in [5.74, 6) is 11.9. The number of nitrogens with one attached hydrogen (secondary N) is 2. The number of nitrogens with zero attached hydrogens (tertiary/aromatic N) is 2. The van der Waals surface area contributed by atoms with Gasteiger partial charge in [0, 0.05) is 18.8 Å². The monoisotopic (exact) mass is 447 g/mol. The van der Waals surface area contributed by atoms with E-state index in [1.807, 2.05) is 4.90 Å². The third-order valence-electron chi connectivity index (χ3n) is 6.08. The molecule has 12 heteroatoms. The maximum Gasteiger partial charge on any atom is 0.417 e. The Balaban J connectivity index is 1.96. The minimum atomic E-state index is -4.74. The molecule has 0 saturated carbocycles. The van der Waals surface area contributed by atoms with Crippen LogP contribution in [0.15, 0.2) is 22.1 Å². The van der Waals surface area contributed by atoms with E-state index in [1.54, 1.807) is 0 Å². The molecule has 2 aliphatic heterocycles. The second kappa shape index (κ2) is 9.50. The van der Waals surface area contributed by atoms with E-state index in [9.17, 15) is 17.4 Å². The standard InChI is InChI=1S/C18H28F3N7OS/c19-18(20,21)13-1-2-14(15(16(13)30(24)29)17(26-22)27-23)28-9-5-12(6-10-28)11-3-7-25-8-4-11/h1-2,11-12,25H,3-10,22-24H2,(H,26,27). The molecule has 1 unspecified atom stereocenters. The first kappa shape index (κ1) is 22.8. The van der Waals surface area contributed by atoms with Crippen LogP contribution in [0.2, 0.25) is 0 Å². The Morgan fingerprint density at radius 1 is 1.17 bits per heavy atom. The zero-order valence-corrected chi connectivity index (χ0v) is 17.4. The quantitative estimate of drug-likeness (QED) is 0.202. The second-order valence-corrected chi connectivity index (χ2v) is 8.67. The largest absolute Gasteiger partial charge is 0.417 e. The predicted octanol–water partition coefficient (Wildman–Crippen LogP) is 0.986. The van der Waals surface area contributed by atoms with Crippen LogP contribution in [0.1, 0.15) is 36.8 Å². The Hall–Kier alpha value is -1.89. The fraction of sp³-hybridized carbons (Fsp3) is 0.611. The number of hydrazone groups is 1. The lowest BCUT2D eigenvalue weighted by Gasteiger charge is -2.39. The zero-order chi connectivity index (χ0) is 21.9. The summed E-state index contributed by atoms with van der Waals surface area (Å²) in [6.45, 7) is 3.37. The van der Waals surface area contributed by atoms with Crippen molar-refractivity contribution in [2.75, 3.05) is 31.1 Å². The normalized spacial score (nSPS) is 21.0. The molecule has 0 bridgehead atoms. The average Bonchev–Trinajstić information content (AvgIpc) is 2.74. The van der Waals surface area contributed by atoms with Gasteiger partial charge in [-0.15, -0.1) is 0 Å². The fourth-order valence-electron chi connectivity index (χ4n) is 4.60. The summed E-state index contributed by atoms with van der Waals surface area (Å²) in [7, 11) is -2.43. The lowest BCUT2D eigenvalue weighted by Crippen LogP contribution is -2.41. The Morgan fingerprint density at radius 2 is 1.77 bits per heavy atom. The van der Waals surface area contributed by atoms with Gasteiger partial charge in [-0.3, -0.25) is 0 Å². The SMILES string of the molecule is N/N=C(\NN)c1c(N2CCC(C3CCNCC3)CC2)ccc(C(F)(F)F)c1S(N)=O. The number of amidine groups is 1. The van der Waals surface area contributed by atoms with Crippen LogP contribution in [0, 0.1) is 11.8 Å². The minimum Gasteiger partial charge on any atom is -0.371 e. The molecule has 1 aromatic carbocycles. The van der Waals surface area contributed by atoms with Crippen molar-refractivity contribution in [1.82, 2.24) is 10.7 Å². The van der Waals surface area contributed by atoms with Gasteiger partial charge in [0.05, 0.1) is 16.0 Å². The van der Waals surface area contributed by atoms with Gasteiger partial charge in [0.1, 0.15) is 11.0 Å². The van der Waals surface area contributed by atoms with Gasteiger partial charge in [-0.2, -0.15) is 18.3 Å². The van der Waals surface area contributed by atoms with Gasteiger partial charge in [0.15, 0.2) is 5.84 Å². The van der Waals surface area contributed by atoms with Crippen molar-refractivity contribution in [3.8, 4) is 0 Å². The Bertz CT molecular complexity index is 804. The number of hydrogen-bond acceptors (Lipinski definition) is 6. The van der Waals surface area contributed by atoms with Crippen LogP contribution in [-0.2, 0) is 17.2 Å². The number of benzene rings is 1. The molecule has 2 heterocycles. The first-order valence-electron chi connectivity index (χ1n) is 9.88. The summed E-state index contributed by atoms with van der Waals surface area (Å²) in [6, 6.07) is 2.25. The molecule has 2 aliphatic rings. The maximum absolute atomic E-state index is 13.6. The molecule has 0 amide bonds. The van der Waals surface area contributed by atoms with Crippen molar-refractivity contribution >= 4 is 22.5 Å². The molecule has 1 aromatic rings. The van der Waals surface area contributed by atoms with Crippen LogP contribution in [-0.4, -0.2) is 36.2 Å². The number of alkyl halides is 3. The molecule has 0 aromatic heterocycles. The van der Waals surface area contributed by atoms with E-state index >= 15 is 0 Å². The smallest absolute Gasteiger partial charge is 0.371 e. The zero-order valence-electron chi connectivity index (χ0n) is 16.5. The summed E-state index contributed by atoms with van der Waals surface area (Å²) in [5, 5.41) is 12.3. The van der Waals surface area contributed by atoms with E-state index in [2.05, 4.69) is 15.8 Å². The van der Waals surface area contributed by atoms with E-state index in [0.717, 1.165) is 44.8 Å². The molecule has 168 valence electrons. The lowest BCUT2D eigenvalue weighted by atomic mass is 9.79. The first-order valence-corrected chi connectivity index (χ1v) is 11.1. The highest BCUT2D eigenvalue weighted by molar-refractivity contribution is 7.82. The Labute approximate surface area is 176 Å². The van der Waals surface area contributed by atoms with Crippen molar-refractivity contribution in [2.24, 2.45) is 33.8 Å². The molecular weight excluding hydrogens is 419 g/mol. The van der Waals surface area contributed by atoms with Crippen molar-refractivity contribution in [3.05, 3.63) is 23.3 Å². The van der Waals surface area contributed by atoms with Crippen LogP contribution in [0.5, 0.6) is 0 Å². The van der Waals surface area contributed by atoms with E-state index in [0.29, 0.717) is 30.6 Å². The van der Waals surface area contributed by atoms with E-state index < -0.39 is 27.6 Å². The highest BCUT2D eigenvalue weighted by atomic mass is 32.2. The van der Waals surface area contributed by atoms with Gasteiger partial charge in [-0.05, 0) is 62.7 Å². The number of hydrogen-bond donors (Lipinski definition) is 5. The Kier molecular flexibility index (Phi) is 7.22. The number of hydrazine groups is 1. The van der Waals surface area contributed by atoms with Crippen molar-refractivity contribution < 1.29 is 17.4 Å². The molecule has 3 rings (SSSR count). The van der Waals surface area contributed by atoms with Crippen molar-refractivity contribution in [1.29, 1.82) is 0 Å². The predicted molar refractivity (Wildman–Crippen MR) is 111 cm³/mol. The third kappa shape index (κ3) is 4.71. The molecule has 8 N–H and O–H groups in total. The number of nitrogens with two attached hydrogens (primary N) is 3. The van der Waals surface area contributed by atoms with E-state index in [4.69, 9.17) is 16.8 Å². The maximum atomic E-state index is 13.6. The van der Waals surface area contributed by atoms with Crippen LogP contribution >= 0.6 is 0 Å². The van der Waals surface area contributed by atoms with Crippen molar-refractivity contribution in [3.63, 3.8) is 0 Å². The Morgan fingerprint density at radius 3 is 2.27 bits per heavy atom. The molecule has 2 fully saturated rings. The van der Waals surface area contributed by atoms with Gasteiger partial charge < -0.3 is 21.5 Å². The molecule has 8 nitrogen and oxygen atoms in total. The molecule has 0 spiro atoms. The number of halogens is 3. The summed E-state index contributed by atoms with van der Waals surface area (Å²) < 4.78 is 52.8. The van der Waals surface area contributed by atoms with Crippen LogP contribution in [0.4, 0.5) is 18.9 Å². The fourth-order valence-corrected chi connectivity index (χ4v) is 5.40. The molecule has 0 radical (unpaired) electrons. The van der Waals surface area contributed by atoms with Crippen molar-refractivity contribution in [2.45, 2.75) is 36.8 Å². The molecule has 2 saturated heterocycles. The lowest BCUT2D eigenvalue weighted by molar-refractivity contribution is -0.139. The average molecular weight is 448 g/mol. The first-order chi connectivity index (χ1) is 14.3. The summed E-state index contributed by atoms with van der Waals surface area (Å²) in [4.78, 5) is 1.38. The minimum absolute atomic E-state index is 0.0732. The van der Waals surface area contributed by atoms with Gasteiger partial charge >= 0.3 is 6.18 Å². The molecular formula is C18H28F3N7OS.